The lowest BCUT2D eigenvalue weighted by Gasteiger charge is -2.28. The van der Waals surface area contributed by atoms with Crippen LogP contribution in [0.25, 0.3) is 0 Å². The number of hydrogen-bond acceptors (Lipinski definition) is 0. The van der Waals surface area contributed by atoms with Crippen molar-refractivity contribution in [2.75, 3.05) is 6.16 Å². The van der Waals surface area contributed by atoms with Crippen LogP contribution in [-0.2, 0) is 0 Å². The average molecular weight is 238 g/mol. The number of halogens is 1. The molecule has 0 bridgehead atoms. The van der Waals surface area contributed by atoms with Crippen LogP contribution in [0.1, 0.15) is 42.7 Å². The third-order valence-corrected chi connectivity index (χ3v) is 4.51. The summed E-state index contributed by atoms with van der Waals surface area (Å²) in [4.78, 5) is 0. The Morgan fingerprint density at radius 2 is 1.94 bits per heavy atom. The SMILES string of the molecule is Cc1ccc(C2CCC(CP)CC2)cc1F. The molecule has 1 aliphatic carbocycles. The zero-order chi connectivity index (χ0) is 11.5. The smallest absolute Gasteiger partial charge is 0.126 e. The van der Waals surface area contributed by atoms with Gasteiger partial charge in [-0.05, 0) is 67.8 Å². The molecule has 2 rings (SSSR count). The van der Waals surface area contributed by atoms with Crippen LogP contribution >= 0.6 is 9.24 Å². The third kappa shape index (κ3) is 2.63. The summed E-state index contributed by atoms with van der Waals surface area (Å²) in [6.45, 7) is 1.82. The van der Waals surface area contributed by atoms with Crippen LogP contribution in [0.3, 0.4) is 0 Å². The van der Waals surface area contributed by atoms with Crippen molar-refractivity contribution >= 4 is 9.24 Å². The van der Waals surface area contributed by atoms with Gasteiger partial charge in [0.15, 0.2) is 0 Å². The zero-order valence-corrected chi connectivity index (χ0v) is 11.0. The molecule has 2 heteroatoms. The molecule has 1 saturated carbocycles. The molecule has 1 atom stereocenters. The monoisotopic (exact) mass is 238 g/mol. The highest BCUT2D eigenvalue weighted by atomic mass is 31.0. The lowest BCUT2D eigenvalue weighted by atomic mass is 9.79. The van der Waals surface area contributed by atoms with E-state index in [0.717, 1.165) is 11.5 Å². The van der Waals surface area contributed by atoms with Crippen molar-refractivity contribution in [2.45, 2.75) is 38.5 Å². The van der Waals surface area contributed by atoms with Gasteiger partial charge in [-0.3, -0.25) is 0 Å². The highest BCUT2D eigenvalue weighted by molar-refractivity contribution is 7.16. The third-order valence-electron chi connectivity index (χ3n) is 3.85. The summed E-state index contributed by atoms with van der Waals surface area (Å²) in [7, 11) is 2.84. The van der Waals surface area contributed by atoms with E-state index in [4.69, 9.17) is 0 Å². The van der Waals surface area contributed by atoms with Gasteiger partial charge in [-0.25, -0.2) is 4.39 Å². The summed E-state index contributed by atoms with van der Waals surface area (Å²) in [6, 6.07) is 5.75. The van der Waals surface area contributed by atoms with Crippen molar-refractivity contribution in [3.05, 3.63) is 35.1 Å². The fourth-order valence-corrected chi connectivity index (χ4v) is 3.07. The van der Waals surface area contributed by atoms with E-state index in [0.29, 0.717) is 5.92 Å². The summed E-state index contributed by atoms with van der Waals surface area (Å²) in [5.41, 5.74) is 1.95. The first-order valence-electron chi connectivity index (χ1n) is 6.17. The fourth-order valence-electron chi connectivity index (χ4n) is 2.59. The molecule has 0 N–H and O–H groups in total. The van der Waals surface area contributed by atoms with Crippen molar-refractivity contribution in [2.24, 2.45) is 5.92 Å². The van der Waals surface area contributed by atoms with Gasteiger partial charge in [-0.2, -0.15) is 0 Å². The molecule has 1 unspecified atom stereocenters. The van der Waals surface area contributed by atoms with E-state index in [-0.39, 0.29) is 5.82 Å². The summed E-state index contributed by atoms with van der Waals surface area (Å²) < 4.78 is 13.5. The summed E-state index contributed by atoms with van der Waals surface area (Å²) >= 11 is 0. The fraction of sp³-hybridized carbons (Fsp3) is 0.571. The Hall–Kier alpha value is -0.420. The zero-order valence-electron chi connectivity index (χ0n) is 9.88. The largest absolute Gasteiger partial charge is 0.207 e. The second-order valence-electron chi connectivity index (χ2n) is 4.96. The second-order valence-corrected chi connectivity index (χ2v) is 5.43. The van der Waals surface area contributed by atoms with Crippen LogP contribution in [0, 0.1) is 18.7 Å². The van der Waals surface area contributed by atoms with Gasteiger partial charge in [-0.1, -0.05) is 12.1 Å². The number of rotatable bonds is 2. The van der Waals surface area contributed by atoms with Crippen LogP contribution in [-0.4, -0.2) is 6.16 Å². The molecule has 16 heavy (non-hydrogen) atoms. The van der Waals surface area contributed by atoms with Crippen LogP contribution < -0.4 is 0 Å². The van der Waals surface area contributed by atoms with Crippen molar-refractivity contribution < 1.29 is 4.39 Å². The molecule has 1 aliphatic rings. The van der Waals surface area contributed by atoms with E-state index in [2.05, 4.69) is 15.3 Å². The molecule has 1 aromatic carbocycles. The van der Waals surface area contributed by atoms with Crippen LogP contribution in [0.15, 0.2) is 18.2 Å². The minimum Gasteiger partial charge on any atom is -0.207 e. The van der Waals surface area contributed by atoms with E-state index < -0.39 is 0 Å². The molecule has 88 valence electrons. The molecule has 0 amide bonds. The molecule has 0 heterocycles. The van der Waals surface area contributed by atoms with Crippen molar-refractivity contribution in [1.29, 1.82) is 0 Å². The molecular formula is C14H20FP. The van der Waals surface area contributed by atoms with Gasteiger partial charge < -0.3 is 0 Å². The Morgan fingerprint density at radius 3 is 2.50 bits per heavy atom. The Bertz CT molecular complexity index is 354. The first-order valence-corrected chi connectivity index (χ1v) is 6.98. The minimum absolute atomic E-state index is 0.0503. The summed E-state index contributed by atoms with van der Waals surface area (Å²) in [5, 5.41) is 0. The molecule has 0 spiro atoms. The molecule has 0 saturated heterocycles. The highest BCUT2D eigenvalue weighted by Gasteiger charge is 2.21. The summed E-state index contributed by atoms with van der Waals surface area (Å²) in [6.07, 6.45) is 6.26. The van der Waals surface area contributed by atoms with Crippen molar-refractivity contribution in [1.82, 2.24) is 0 Å². The Balaban J connectivity index is 2.05. The van der Waals surface area contributed by atoms with Crippen LogP contribution in [0.2, 0.25) is 0 Å². The predicted molar refractivity (Wildman–Crippen MR) is 70.4 cm³/mol. The van der Waals surface area contributed by atoms with E-state index in [1.165, 1.54) is 37.4 Å². The lowest BCUT2D eigenvalue weighted by molar-refractivity contribution is 0.352. The molecule has 1 aromatic rings. The average Bonchev–Trinajstić information content (AvgIpc) is 2.33. The lowest BCUT2D eigenvalue weighted by Crippen LogP contribution is -2.14. The number of aryl methyl sites for hydroxylation is 1. The van der Waals surface area contributed by atoms with Gasteiger partial charge in [0, 0.05) is 0 Å². The van der Waals surface area contributed by atoms with Crippen molar-refractivity contribution in [3.8, 4) is 0 Å². The Kier molecular flexibility index (Phi) is 3.97. The van der Waals surface area contributed by atoms with Gasteiger partial charge in [0.1, 0.15) is 5.82 Å². The standard InChI is InChI=1S/C14H20FP/c1-10-2-5-13(8-14(10)15)12-6-3-11(9-16)4-7-12/h2,5,8,11-12H,3-4,6-7,9,16H2,1H3. The number of benzene rings is 1. The minimum atomic E-state index is -0.0503. The first kappa shape index (κ1) is 12.0. The van der Waals surface area contributed by atoms with E-state index >= 15 is 0 Å². The van der Waals surface area contributed by atoms with Crippen LogP contribution in [0.5, 0.6) is 0 Å². The van der Waals surface area contributed by atoms with E-state index in [1.807, 2.05) is 13.0 Å². The van der Waals surface area contributed by atoms with E-state index in [9.17, 15) is 4.39 Å². The number of hydrogen-bond donors (Lipinski definition) is 0. The van der Waals surface area contributed by atoms with Gasteiger partial charge >= 0.3 is 0 Å². The van der Waals surface area contributed by atoms with Gasteiger partial charge in [0.2, 0.25) is 0 Å². The Morgan fingerprint density at radius 1 is 1.25 bits per heavy atom. The molecule has 0 aliphatic heterocycles. The second kappa shape index (κ2) is 5.27. The predicted octanol–water partition coefficient (Wildman–Crippen LogP) is 4.28. The van der Waals surface area contributed by atoms with Gasteiger partial charge in [0.25, 0.3) is 0 Å². The quantitative estimate of drug-likeness (QED) is 0.674. The highest BCUT2D eigenvalue weighted by Crippen LogP contribution is 2.36. The topological polar surface area (TPSA) is 0 Å². The maximum absolute atomic E-state index is 13.5. The first-order chi connectivity index (χ1) is 7.70. The summed E-state index contributed by atoms with van der Waals surface area (Å²) in [5.74, 6) is 1.41. The molecular weight excluding hydrogens is 218 g/mol. The van der Waals surface area contributed by atoms with Gasteiger partial charge in [0.05, 0.1) is 0 Å². The molecule has 0 aromatic heterocycles. The van der Waals surface area contributed by atoms with Crippen molar-refractivity contribution in [3.63, 3.8) is 0 Å². The Labute approximate surface area is 99.8 Å². The maximum Gasteiger partial charge on any atom is 0.126 e. The molecule has 1 fully saturated rings. The van der Waals surface area contributed by atoms with E-state index in [1.54, 1.807) is 6.07 Å². The van der Waals surface area contributed by atoms with Crippen LogP contribution in [0.4, 0.5) is 4.39 Å². The molecule has 0 radical (unpaired) electrons. The maximum atomic E-state index is 13.5. The van der Waals surface area contributed by atoms with Gasteiger partial charge in [-0.15, -0.1) is 9.24 Å². The molecule has 0 nitrogen and oxygen atoms in total. The normalized spacial score (nSPS) is 25.7.